The third kappa shape index (κ3) is 2.99. The Bertz CT molecular complexity index is 222. The molecule has 0 aromatic rings. The maximum absolute atomic E-state index is 11.0. The number of amides is 2. The largest absolute Gasteiger partial charge is 0.387 e. The molecule has 1 aliphatic rings. The Balaban J connectivity index is 2.29. The highest BCUT2D eigenvalue weighted by Gasteiger charge is 2.21. The molecule has 5 nitrogen and oxygen atoms in total. The molecule has 0 atom stereocenters. The van der Waals surface area contributed by atoms with Crippen LogP contribution in [0.1, 0.15) is 19.8 Å². The predicted molar refractivity (Wildman–Crippen MR) is 50.5 cm³/mol. The van der Waals surface area contributed by atoms with Gasteiger partial charge in [0.2, 0.25) is 11.8 Å². The number of hydrogen-bond acceptors (Lipinski definition) is 3. The monoisotopic (exact) mass is 200 g/mol. The van der Waals surface area contributed by atoms with Gasteiger partial charge in [-0.15, -0.1) is 0 Å². The van der Waals surface area contributed by atoms with Gasteiger partial charge in [-0.1, -0.05) is 0 Å². The molecule has 0 bridgehead atoms. The third-order valence-electron chi connectivity index (χ3n) is 2.45. The van der Waals surface area contributed by atoms with Gasteiger partial charge in [0, 0.05) is 26.1 Å². The fourth-order valence-corrected chi connectivity index (χ4v) is 1.61. The van der Waals surface area contributed by atoms with Crippen LogP contribution in [0.3, 0.4) is 0 Å². The van der Waals surface area contributed by atoms with Gasteiger partial charge in [-0.3, -0.25) is 9.59 Å². The lowest BCUT2D eigenvalue weighted by molar-refractivity contribution is -0.130. The molecule has 2 amide bonds. The summed E-state index contributed by atoms with van der Waals surface area (Å²) in [5.41, 5.74) is 0. The van der Waals surface area contributed by atoms with Crippen molar-refractivity contribution in [2.45, 2.75) is 25.8 Å². The van der Waals surface area contributed by atoms with Crippen molar-refractivity contribution in [2.75, 3.05) is 19.7 Å². The summed E-state index contributed by atoms with van der Waals surface area (Å²) >= 11 is 0. The molecule has 1 aliphatic heterocycles. The van der Waals surface area contributed by atoms with E-state index in [0.29, 0.717) is 13.1 Å². The fraction of sp³-hybridized carbons (Fsp3) is 0.778. The van der Waals surface area contributed by atoms with Crippen molar-refractivity contribution in [3.8, 4) is 0 Å². The molecule has 0 saturated carbocycles. The van der Waals surface area contributed by atoms with E-state index in [-0.39, 0.29) is 17.9 Å². The fourth-order valence-electron chi connectivity index (χ4n) is 1.61. The second-order valence-electron chi connectivity index (χ2n) is 3.51. The maximum atomic E-state index is 11.0. The van der Waals surface area contributed by atoms with E-state index in [4.69, 9.17) is 5.11 Å². The van der Waals surface area contributed by atoms with Crippen LogP contribution in [-0.2, 0) is 9.59 Å². The number of aliphatic hydroxyl groups excluding tert-OH is 1. The van der Waals surface area contributed by atoms with Crippen LogP contribution in [0.2, 0.25) is 0 Å². The zero-order chi connectivity index (χ0) is 10.6. The zero-order valence-corrected chi connectivity index (χ0v) is 8.32. The summed E-state index contributed by atoms with van der Waals surface area (Å²) in [6.45, 7) is 2.46. The van der Waals surface area contributed by atoms with E-state index in [1.807, 2.05) is 0 Å². The molecule has 0 aromatic carbocycles. The topological polar surface area (TPSA) is 69.6 Å². The highest BCUT2D eigenvalue weighted by molar-refractivity contribution is 5.77. The Labute approximate surface area is 83.1 Å². The Hall–Kier alpha value is -1.10. The van der Waals surface area contributed by atoms with Crippen LogP contribution in [0.25, 0.3) is 0 Å². The molecule has 1 fully saturated rings. The van der Waals surface area contributed by atoms with Crippen molar-refractivity contribution in [3.63, 3.8) is 0 Å². The summed E-state index contributed by atoms with van der Waals surface area (Å²) in [5, 5.41) is 11.2. The van der Waals surface area contributed by atoms with Crippen molar-refractivity contribution in [1.82, 2.24) is 10.2 Å². The average Bonchev–Trinajstić information content (AvgIpc) is 2.18. The number of carbonyl (C=O) groups excluding carboxylic acids is 2. The van der Waals surface area contributed by atoms with E-state index in [1.54, 1.807) is 11.8 Å². The molecule has 0 radical (unpaired) electrons. The minimum absolute atomic E-state index is 0.0805. The Morgan fingerprint density at radius 1 is 1.43 bits per heavy atom. The van der Waals surface area contributed by atoms with E-state index < -0.39 is 6.61 Å². The van der Waals surface area contributed by atoms with Crippen molar-refractivity contribution in [1.29, 1.82) is 0 Å². The van der Waals surface area contributed by atoms with E-state index >= 15 is 0 Å². The quantitative estimate of drug-likeness (QED) is 0.607. The lowest BCUT2D eigenvalue weighted by Gasteiger charge is -2.31. The van der Waals surface area contributed by atoms with Gasteiger partial charge in [-0.05, 0) is 12.8 Å². The van der Waals surface area contributed by atoms with Crippen molar-refractivity contribution < 1.29 is 14.7 Å². The average molecular weight is 200 g/mol. The van der Waals surface area contributed by atoms with E-state index in [0.717, 1.165) is 12.8 Å². The van der Waals surface area contributed by atoms with Crippen LogP contribution in [0.15, 0.2) is 0 Å². The summed E-state index contributed by atoms with van der Waals surface area (Å²) in [5.74, 6) is -0.261. The highest BCUT2D eigenvalue weighted by Crippen LogP contribution is 2.09. The molecule has 2 N–H and O–H groups in total. The number of carbonyl (C=O) groups is 2. The normalized spacial score (nSPS) is 18.0. The second kappa shape index (κ2) is 4.95. The molecule has 0 unspecified atom stereocenters. The summed E-state index contributed by atoms with van der Waals surface area (Å²) in [6, 6.07) is 0.102. The first kappa shape index (κ1) is 11.0. The van der Waals surface area contributed by atoms with Gasteiger partial charge in [-0.2, -0.15) is 0 Å². The lowest BCUT2D eigenvalue weighted by atomic mass is 10.1. The molecule has 80 valence electrons. The van der Waals surface area contributed by atoms with Gasteiger partial charge in [0.05, 0.1) is 0 Å². The predicted octanol–water partition coefficient (Wildman–Crippen LogP) is -0.894. The van der Waals surface area contributed by atoms with E-state index in [9.17, 15) is 9.59 Å². The van der Waals surface area contributed by atoms with Gasteiger partial charge in [0.15, 0.2) is 0 Å². The number of rotatable bonds is 2. The summed E-state index contributed by atoms with van der Waals surface area (Å²) < 4.78 is 0. The molecule has 0 aliphatic carbocycles. The number of aliphatic hydroxyl groups is 1. The molecular formula is C9H16N2O3. The maximum Gasteiger partial charge on any atom is 0.245 e. The Kier molecular flexibility index (Phi) is 3.88. The molecule has 0 aromatic heterocycles. The number of likely N-dealkylation sites (tertiary alicyclic amines) is 1. The molecular weight excluding hydrogens is 184 g/mol. The van der Waals surface area contributed by atoms with E-state index in [1.165, 1.54) is 0 Å². The van der Waals surface area contributed by atoms with Crippen molar-refractivity contribution in [2.24, 2.45) is 0 Å². The van der Waals surface area contributed by atoms with Crippen LogP contribution in [-0.4, -0.2) is 47.6 Å². The number of nitrogens with zero attached hydrogens (tertiary/aromatic N) is 1. The molecule has 0 spiro atoms. The van der Waals surface area contributed by atoms with E-state index in [2.05, 4.69) is 5.32 Å². The zero-order valence-electron chi connectivity index (χ0n) is 8.32. The Morgan fingerprint density at radius 2 is 2.00 bits per heavy atom. The summed E-state index contributed by atoms with van der Waals surface area (Å²) in [7, 11) is 0. The highest BCUT2D eigenvalue weighted by atomic mass is 16.3. The SMILES string of the molecule is CC(=O)N1CCC(NC(=O)CO)CC1. The van der Waals surface area contributed by atoms with Crippen molar-refractivity contribution in [3.05, 3.63) is 0 Å². The first-order valence-corrected chi connectivity index (χ1v) is 4.79. The van der Waals surface area contributed by atoms with Crippen LogP contribution >= 0.6 is 0 Å². The smallest absolute Gasteiger partial charge is 0.245 e. The second-order valence-corrected chi connectivity index (χ2v) is 3.51. The number of hydrogen-bond donors (Lipinski definition) is 2. The Morgan fingerprint density at radius 3 is 2.43 bits per heavy atom. The minimum atomic E-state index is -0.465. The summed E-state index contributed by atoms with van der Waals surface area (Å²) in [4.78, 5) is 23.6. The molecule has 5 heteroatoms. The van der Waals surface area contributed by atoms with Crippen LogP contribution in [0.4, 0.5) is 0 Å². The lowest BCUT2D eigenvalue weighted by Crippen LogP contribution is -2.46. The number of piperidine rings is 1. The van der Waals surface area contributed by atoms with Gasteiger partial charge in [0.1, 0.15) is 6.61 Å². The first-order chi connectivity index (χ1) is 6.63. The van der Waals surface area contributed by atoms with Crippen LogP contribution in [0.5, 0.6) is 0 Å². The molecule has 1 heterocycles. The molecule has 1 rings (SSSR count). The van der Waals surface area contributed by atoms with Gasteiger partial charge in [-0.25, -0.2) is 0 Å². The van der Waals surface area contributed by atoms with Crippen LogP contribution < -0.4 is 5.32 Å². The van der Waals surface area contributed by atoms with Gasteiger partial charge >= 0.3 is 0 Å². The molecule has 1 saturated heterocycles. The first-order valence-electron chi connectivity index (χ1n) is 4.79. The minimum Gasteiger partial charge on any atom is -0.387 e. The van der Waals surface area contributed by atoms with Crippen molar-refractivity contribution >= 4 is 11.8 Å². The molecule has 14 heavy (non-hydrogen) atoms. The standard InChI is InChI=1S/C9H16N2O3/c1-7(13)11-4-2-8(3-5-11)10-9(14)6-12/h8,12H,2-6H2,1H3,(H,10,14). The van der Waals surface area contributed by atoms with Gasteiger partial charge in [0.25, 0.3) is 0 Å². The number of nitrogens with one attached hydrogen (secondary N) is 1. The van der Waals surface area contributed by atoms with Crippen LogP contribution in [0, 0.1) is 0 Å². The van der Waals surface area contributed by atoms with Gasteiger partial charge < -0.3 is 15.3 Å². The summed E-state index contributed by atoms with van der Waals surface area (Å²) in [6.07, 6.45) is 1.54. The third-order valence-corrected chi connectivity index (χ3v) is 2.45.